The lowest BCUT2D eigenvalue weighted by atomic mass is 10.0. The molecular weight excluding hydrogens is 264 g/mol. The van der Waals surface area contributed by atoms with Crippen LogP contribution in [-0.4, -0.2) is 16.0 Å². The van der Waals surface area contributed by atoms with Gasteiger partial charge >= 0.3 is 0 Å². The number of ketones is 1. The number of anilines is 1. The zero-order chi connectivity index (χ0) is 11.6. The van der Waals surface area contributed by atoms with Crippen molar-refractivity contribution in [2.24, 2.45) is 0 Å². The van der Waals surface area contributed by atoms with E-state index in [9.17, 15) is 14.9 Å². The number of alkyl halides is 1. The fourth-order valence-electron chi connectivity index (χ4n) is 1.35. The number of hydrogen-bond acceptors (Lipinski definition) is 4. The number of nitro groups is 1. The van der Waals surface area contributed by atoms with Gasteiger partial charge in [-0.3, -0.25) is 14.9 Å². The minimum atomic E-state index is -0.536. The summed E-state index contributed by atoms with van der Waals surface area (Å²) in [6.07, 6.45) is 0. The summed E-state index contributed by atoms with van der Waals surface area (Å²) in [4.78, 5) is 21.4. The number of carbonyl (C=O) groups excluding carboxylic acids is 1. The van der Waals surface area contributed by atoms with Gasteiger partial charge in [0, 0.05) is 23.4 Å². The topological polar surface area (TPSA) is 86.2 Å². The Morgan fingerprint density at radius 1 is 1.60 bits per heavy atom. The van der Waals surface area contributed by atoms with Crippen molar-refractivity contribution in [1.29, 1.82) is 0 Å². The molecule has 5 nitrogen and oxygen atoms in total. The Balaban J connectivity index is 3.33. The first-order chi connectivity index (χ1) is 6.97. The quantitative estimate of drug-likeness (QED) is 0.300. The summed E-state index contributed by atoms with van der Waals surface area (Å²) in [6.45, 7) is 1.62. The van der Waals surface area contributed by atoms with E-state index in [4.69, 9.17) is 5.73 Å². The van der Waals surface area contributed by atoms with Gasteiger partial charge in [-0.1, -0.05) is 15.9 Å². The second-order valence-corrected chi connectivity index (χ2v) is 3.60. The van der Waals surface area contributed by atoms with Crippen LogP contribution in [0.5, 0.6) is 0 Å². The molecule has 0 fully saturated rings. The molecule has 15 heavy (non-hydrogen) atoms. The van der Waals surface area contributed by atoms with Crippen LogP contribution in [0.1, 0.15) is 15.9 Å². The van der Waals surface area contributed by atoms with Crippen molar-refractivity contribution in [3.63, 3.8) is 0 Å². The number of rotatable bonds is 3. The highest BCUT2D eigenvalue weighted by Crippen LogP contribution is 2.24. The van der Waals surface area contributed by atoms with Crippen molar-refractivity contribution < 1.29 is 9.72 Å². The highest BCUT2D eigenvalue weighted by atomic mass is 79.9. The molecule has 0 amide bonds. The number of aryl methyl sites for hydroxylation is 1. The summed E-state index contributed by atoms with van der Waals surface area (Å²) in [5.41, 5.74) is 6.50. The predicted octanol–water partition coefficient (Wildman–Crippen LogP) is 2.06. The highest BCUT2D eigenvalue weighted by molar-refractivity contribution is 9.09. The number of halogens is 1. The lowest BCUT2D eigenvalue weighted by molar-refractivity contribution is -0.384. The maximum absolute atomic E-state index is 11.4. The number of nitrogens with two attached hydrogens (primary N) is 1. The van der Waals surface area contributed by atoms with Gasteiger partial charge in [0.25, 0.3) is 5.69 Å². The zero-order valence-corrected chi connectivity index (χ0v) is 9.58. The van der Waals surface area contributed by atoms with Gasteiger partial charge in [0.1, 0.15) is 0 Å². The highest BCUT2D eigenvalue weighted by Gasteiger charge is 2.16. The van der Waals surface area contributed by atoms with E-state index >= 15 is 0 Å². The second kappa shape index (κ2) is 4.39. The molecule has 1 aromatic rings. The van der Waals surface area contributed by atoms with Gasteiger partial charge in [0.05, 0.1) is 10.3 Å². The summed E-state index contributed by atoms with van der Waals surface area (Å²) in [5, 5.41) is 10.7. The number of hydrogen-bond donors (Lipinski definition) is 1. The van der Waals surface area contributed by atoms with Crippen LogP contribution < -0.4 is 5.73 Å². The third-order valence-corrected chi connectivity index (χ3v) is 2.47. The molecule has 0 saturated carbocycles. The molecule has 0 aliphatic carbocycles. The minimum Gasteiger partial charge on any atom is -0.398 e. The van der Waals surface area contributed by atoms with Crippen molar-refractivity contribution in [1.82, 2.24) is 0 Å². The molecule has 0 aliphatic heterocycles. The first-order valence-corrected chi connectivity index (χ1v) is 5.23. The van der Waals surface area contributed by atoms with Gasteiger partial charge in [-0.05, 0) is 12.5 Å². The normalized spacial score (nSPS) is 10.0. The third-order valence-electron chi connectivity index (χ3n) is 1.96. The number of nitrogens with zero attached hydrogens (tertiary/aromatic N) is 1. The Morgan fingerprint density at radius 3 is 2.60 bits per heavy atom. The number of Topliss-reactive ketones (excluding diaryl/α,β-unsaturated/α-hetero) is 1. The first kappa shape index (κ1) is 11.6. The van der Waals surface area contributed by atoms with E-state index in [1.165, 1.54) is 12.1 Å². The Bertz CT molecular complexity index is 408. The van der Waals surface area contributed by atoms with Crippen LogP contribution in [-0.2, 0) is 0 Å². The molecule has 1 rings (SSSR count). The van der Waals surface area contributed by atoms with E-state index in [1.54, 1.807) is 6.92 Å². The molecule has 0 heterocycles. The Labute approximate surface area is 94.5 Å². The molecule has 1 aromatic carbocycles. The molecule has 0 atom stereocenters. The van der Waals surface area contributed by atoms with E-state index in [0.29, 0.717) is 11.1 Å². The van der Waals surface area contributed by atoms with E-state index < -0.39 is 4.92 Å². The maximum atomic E-state index is 11.4. The van der Waals surface area contributed by atoms with Gasteiger partial charge in [-0.25, -0.2) is 0 Å². The molecule has 80 valence electrons. The molecule has 0 aromatic heterocycles. The summed E-state index contributed by atoms with van der Waals surface area (Å²) >= 11 is 3.03. The van der Waals surface area contributed by atoms with Crippen molar-refractivity contribution in [2.45, 2.75) is 6.92 Å². The number of benzene rings is 1. The average molecular weight is 273 g/mol. The molecular formula is C9H9BrN2O3. The molecule has 0 spiro atoms. The van der Waals surface area contributed by atoms with Gasteiger partial charge in [0.15, 0.2) is 5.78 Å². The van der Waals surface area contributed by atoms with Gasteiger partial charge < -0.3 is 5.73 Å². The van der Waals surface area contributed by atoms with E-state index in [1.807, 2.05) is 0 Å². The number of carbonyl (C=O) groups is 1. The minimum absolute atomic E-state index is 0.101. The first-order valence-electron chi connectivity index (χ1n) is 4.11. The van der Waals surface area contributed by atoms with Crippen LogP contribution in [0.3, 0.4) is 0 Å². The third kappa shape index (κ3) is 2.33. The molecule has 0 radical (unpaired) electrons. The van der Waals surface area contributed by atoms with Crippen LogP contribution in [0.2, 0.25) is 0 Å². The van der Waals surface area contributed by atoms with Crippen LogP contribution in [0, 0.1) is 17.0 Å². The van der Waals surface area contributed by atoms with Crippen LogP contribution >= 0.6 is 15.9 Å². The molecule has 0 bridgehead atoms. The van der Waals surface area contributed by atoms with Crippen LogP contribution in [0.25, 0.3) is 0 Å². The molecule has 6 heteroatoms. The summed E-state index contributed by atoms with van der Waals surface area (Å²) in [5.74, 6) is -0.181. The van der Waals surface area contributed by atoms with Crippen molar-refractivity contribution >= 4 is 33.1 Å². The lowest BCUT2D eigenvalue weighted by Gasteiger charge is -2.06. The fraction of sp³-hybridized carbons (Fsp3) is 0.222. The monoisotopic (exact) mass is 272 g/mol. The van der Waals surface area contributed by atoms with E-state index in [-0.39, 0.29) is 22.5 Å². The van der Waals surface area contributed by atoms with E-state index in [0.717, 1.165) is 0 Å². The van der Waals surface area contributed by atoms with Crippen molar-refractivity contribution in [2.75, 3.05) is 11.1 Å². The summed E-state index contributed by atoms with van der Waals surface area (Å²) < 4.78 is 0. The SMILES string of the molecule is Cc1cc([N+](=O)[O-])cc(N)c1C(=O)CBr. The standard InChI is InChI=1S/C9H9BrN2O3/c1-5-2-6(12(14)15)3-7(11)9(5)8(13)4-10/h2-3H,4,11H2,1H3. The Hall–Kier alpha value is -1.43. The molecule has 0 aliphatic rings. The smallest absolute Gasteiger partial charge is 0.271 e. The largest absolute Gasteiger partial charge is 0.398 e. The van der Waals surface area contributed by atoms with Gasteiger partial charge in [0.2, 0.25) is 0 Å². The molecule has 2 N–H and O–H groups in total. The number of nitrogen functional groups attached to an aromatic ring is 1. The summed E-state index contributed by atoms with van der Waals surface area (Å²) in [7, 11) is 0. The molecule has 0 saturated heterocycles. The average Bonchev–Trinajstić information content (AvgIpc) is 2.16. The summed E-state index contributed by atoms with van der Waals surface area (Å²) in [6, 6.07) is 2.54. The Kier molecular flexibility index (Phi) is 3.41. The molecule has 0 unspecified atom stereocenters. The van der Waals surface area contributed by atoms with Gasteiger partial charge in [-0.15, -0.1) is 0 Å². The number of non-ortho nitro benzene ring substituents is 1. The van der Waals surface area contributed by atoms with E-state index in [2.05, 4.69) is 15.9 Å². The Morgan fingerprint density at radius 2 is 2.20 bits per heavy atom. The lowest BCUT2D eigenvalue weighted by Crippen LogP contribution is -2.08. The van der Waals surface area contributed by atoms with Crippen molar-refractivity contribution in [3.05, 3.63) is 33.4 Å². The second-order valence-electron chi connectivity index (χ2n) is 3.04. The zero-order valence-electron chi connectivity index (χ0n) is 7.99. The van der Waals surface area contributed by atoms with Crippen molar-refractivity contribution in [3.8, 4) is 0 Å². The fourth-order valence-corrected chi connectivity index (χ4v) is 1.63. The maximum Gasteiger partial charge on any atom is 0.271 e. The van der Waals surface area contributed by atoms with Crippen LogP contribution in [0.15, 0.2) is 12.1 Å². The number of nitro benzene ring substituents is 1. The van der Waals surface area contributed by atoms with Crippen LogP contribution in [0.4, 0.5) is 11.4 Å². The predicted molar refractivity (Wildman–Crippen MR) is 60.4 cm³/mol. The van der Waals surface area contributed by atoms with Gasteiger partial charge in [-0.2, -0.15) is 0 Å².